The van der Waals surface area contributed by atoms with Gasteiger partial charge in [-0.1, -0.05) is 24.3 Å². The van der Waals surface area contributed by atoms with Crippen LogP contribution in [-0.2, 0) is 13.1 Å². The first-order chi connectivity index (χ1) is 11.5. The number of rotatable bonds is 5. The summed E-state index contributed by atoms with van der Waals surface area (Å²) in [4.78, 5) is 4.21. The summed E-state index contributed by atoms with van der Waals surface area (Å²) in [6, 6.07) is 11.2. The number of hydrogen-bond acceptors (Lipinski definition) is 2. The molecule has 0 unspecified atom stereocenters. The summed E-state index contributed by atoms with van der Waals surface area (Å²) < 4.78 is 18.6. The van der Waals surface area contributed by atoms with Crippen molar-refractivity contribution in [1.82, 2.24) is 10.6 Å². The zero-order chi connectivity index (χ0) is 17.5. The normalized spacial score (nSPS) is 10.8. The Morgan fingerprint density at radius 2 is 1.60 bits per heavy atom. The average molecular weight is 457 g/mol. The Bertz CT molecular complexity index is 735. The molecule has 0 spiro atoms. The molecule has 0 fully saturated rings. The molecule has 0 aliphatic carbocycles. The Morgan fingerprint density at radius 1 is 1.00 bits per heavy atom. The number of ether oxygens (including phenoxy) is 1. The van der Waals surface area contributed by atoms with E-state index in [0.29, 0.717) is 24.6 Å². The van der Waals surface area contributed by atoms with Crippen LogP contribution in [0.5, 0.6) is 5.75 Å². The number of benzene rings is 2. The molecular formula is C19H25FIN3O. The van der Waals surface area contributed by atoms with Crippen molar-refractivity contribution in [2.45, 2.75) is 26.9 Å². The zero-order valence-corrected chi connectivity index (χ0v) is 17.4. The molecule has 0 heterocycles. The van der Waals surface area contributed by atoms with Gasteiger partial charge in [0.2, 0.25) is 0 Å². The van der Waals surface area contributed by atoms with Crippen LogP contribution in [0.25, 0.3) is 0 Å². The fourth-order valence-corrected chi connectivity index (χ4v) is 2.38. The minimum Gasteiger partial charge on any atom is -0.496 e. The second-order valence-corrected chi connectivity index (χ2v) is 5.67. The van der Waals surface area contributed by atoms with Crippen LogP contribution in [0.15, 0.2) is 41.4 Å². The summed E-state index contributed by atoms with van der Waals surface area (Å²) in [5.74, 6) is 1.38. The maximum Gasteiger partial charge on any atom is 0.191 e. The first kappa shape index (κ1) is 21.2. The number of nitrogens with one attached hydrogen (secondary N) is 2. The molecule has 0 saturated heterocycles. The summed E-state index contributed by atoms with van der Waals surface area (Å²) in [5.41, 5.74) is 3.87. The van der Waals surface area contributed by atoms with E-state index in [1.807, 2.05) is 25.1 Å². The minimum absolute atomic E-state index is 0. The fourth-order valence-electron chi connectivity index (χ4n) is 2.38. The SMILES string of the molecule is CN=C(NCc1ccc(F)c(C)c1)NCc1ccc(C)c(OC)c1.I. The quantitative estimate of drug-likeness (QED) is 0.407. The Labute approximate surface area is 165 Å². The van der Waals surface area contributed by atoms with Crippen LogP contribution in [0.3, 0.4) is 0 Å². The third-order valence-electron chi connectivity index (χ3n) is 3.84. The molecule has 25 heavy (non-hydrogen) atoms. The van der Waals surface area contributed by atoms with Gasteiger partial charge in [0.25, 0.3) is 0 Å². The number of hydrogen-bond donors (Lipinski definition) is 2. The molecule has 2 aromatic carbocycles. The van der Waals surface area contributed by atoms with E-state index in [1.165, 1.54) is 6.07 Å². The van der Waals surface area contributed by atoms with Crippen LogP contribution in [0.2, 0.25) is 0 Å². The van der Waals surface area contributed by atoms with Gasteiger partial charge in [0.1, 0.15) is 11.6 Å². The number of aryl methyl sites for hydroxylation is 2. The first-order valence-electron chi connectivity index (χ1n) is 7.86. The first-order valence-corrected chi connectivity index (χ1v) is 7.86. The van der Waals surface area contributed by atoms with Crippen molar-refractivity contribution in [2.75, 3.05) is 14.2 Å². The van der Waals surface area contributed by atoms with E-state index >= 15 is 0 Å². The van der Waals surface area contributed by atoms with E-state index in [1.54, 1.807) is 27.1 Å². The van der Waals surface area contributed by atoms with Gasteiger partial charge in [-0.3, -0.25) is 4.99 Å². The van der Waals surface area contributed by atoms with Crippen LogP contribution in [0, 0.1) is 19.7 Å². The molecule has 0 aliphatic rings. The topological polar surface area (TPSA) is 45.7 Å². The lowest BCUT2D eigenvalue weighted by atomic mass is 10.1. The van der Waals surface area contributed by atoms with E-state index in [9.17, 15) is 4.39 Å². The molecular weight excluding hydrogens is 432 g/mol. The predicted octanol–water partition coefficient (Wildman–Crippen LogP) is 3.93. The van der Waals surface area contributed by atoms with Crippen LogP contribution >= 0.6 is 24.0 Å². The molecule has 0 aliphatic heterocycles. The molecule has 0 amide bonds. The van der Waals surface area contributed by atoms with Crippen LogP contribution in [-0.4, -0.2) is 20.1 Å². The van der Waals surface area contributed by atoms with Gasteiger partial charge in [0.05, 0.1) is 7.11 Å². The Morgan fingerprint density at radius 3 is 2.16 bits per heavy atom. The monoisotopic (exact) mass is 457 g/mol. The van der Waals surface area contributed by atoms with Gasteiger partial charge in [-0.2, -0.15) is 0 Å². The number of nitrogens with zero attached hydrogens (tertiary/aromatic N) is 1. The van der Waals surface area contributed by atoms with Crippen molar-refractivity contribution in [3.05, 3.63) is 64.5 Å². The van der Waals surface area contributed by atoms with Gasteiger partial charge in [0.15, 0.2) is 5.96 Å². The van der Waals surface area contributed by atoms with E-state index in [4.69, 9.17) is 4.74 Å². The Kier molecular flexibility index (Phi) is 8.68. The maximum atomic E-state index is 13.3. The lowest BCUT2D eigenvalue weighted by Crippen LogP contribution is -2.36. The number of methoxy groups -OCH3 is 1. The van der Waals surface area contributed by atoms with Crippen molar-refractivity contribution in [2.24, 2.45) is 4.99 Å². The van der Waals surface area contributed by atoms with Crippen LogP contribution in [0.1, 0.15) is 22.3 Å². The van der Waals surface area contributed by atoms with E-state index in [2.05, 4.69) is 21.7 Å². The molecule has 0 aromatic heterocycles. The van der Waals surface area contributed by atoms with Crippen molar-refractivity contribution in [3.8, 4) is 5.75 Å². The van der Waals surface area contributed by atoms with Gasteiger partial charge < -0.3 is 15.4 Å². The third-order valence-corrected chi connectivity index (χ3v) is 3.84. The molecule has 0 radical (unpaired) electrons. The van der Waals surface area contributed by atoms with Crippen molar-refractivity contribution in [1.29, 1.82) is 0 Å². The number of aliphatic imine (C=N–C) groups is 1. The number of guanidine groups is 1. The van der Waals surface area contributed by atoms with Gasteiger partial charge >= 0.3 is 0 Å². The summed E-state index contributed by atoms with van der Waals surface area (Å²) in [7, 11) is 3.39. The largest absolute Gasteiger partial charge is 0.496 e. The minimum atomic E-state index is -0.186. The molecule has 2 rings (SSSR count). The van der Waals surface area contributed by atoms with Crippen molar-refractivity contribution >= 4 is 29.9 Å². The summed E-state index contributed by atoms with van der Waals surface area (Å²) in [5, 5.41) is 6.49. The molecule has 4 nitrogen and oxygen atoms in total. The third kappa shape index (κ3) is 6.19. The number of halogens is 2. The highest BCUT2D eigenvalue weighted by Gasteiger charge is 2.03. The van der Waals surface area contributed by atoms with E-state index < -0.39 is 0 Å². The van der Waals surface area contributed by atoms with Gasteiger partial charge in [-0.05, 0) is 48.2 Å². The summed E-state index contributed by atoms with van der Waals surface area (Å²) in [6.07, 6.45) is 0. The van der Waals surface area contributed by atoms with Crippen LogP contribution in [0.4, 0.5) is 4.39 Å². The van der Waals surface area contributed by atoms with E-state index in [-0.39, 0.29) is 29.8 Å². The van der Waals surface area contributed by atoms with Crippen molar-refractivity contribution in [3.63, 3.8) is 0 Å². The second kappa shape index (κ2) is 10.2. The fraction of sp³-hybridized carbons (Fsp3) is 0.316. The molecule has 2 aromatic rings. The lowest BCUT2D eigenvalue weighted by Gasteiger charge is -2.13. The molecule has 0 bridgehead atoms. The molecule has 6 heteroatoms. The predicted molar refractivity (Wildman–Crippen MR) is 111 cm³/mol. The molecule has 2 N–H and O–H groups in total. The van der Waals surface area contributed by atoms with Gasteiger partial charge in [0, 0.05) is 20.1 Å². The van der Waals surface area contributed by atoms with Gasteiger partial charge in [-0.25, -0.2) is 4.39 Å². The standard InChI is InChI=1S/C19H24FN3O.HI/c1-13-5-6-16(10-18(13)24-4)12-23-19(21-3)22-11-15-7-8-17(20)14(2)9-15;/h5-10H,11-12H2,1-4H3,(H2,21,22,23);1H. The Balaban J connectivity index is 0.00000312. The van der Waals surface area contributed by atoms with Crippen molar-refractivity contribution < 1.29 is 9.13 Å². The van der Waals surface area contributed by atoms with Crippen LogP contribution < -0.4 is 15.4 Å². The maximum absolute atomic E-state index is 13.3. The molecule has 0 atom stereocenters. The smallest absolute Gasteiger partial charge is 0.191 e. The zero-order valence-electron chi connectivity index (χ0n) is 15.0. The van der Waals surface area contributed by atoms with Gasteiger partial charge in [-0.15, -0.1) is 24.0 Å². The lowest BCUT2D eigenvalue weighted by molar-refractivity contribution is 0.411. The summed E-state index contributed by atoms with van der Waals surface area (Å²) >= 11 is 0. The summed E-state index contributed by atoms with van der Waals surface area (Å²) in [6.45, 7) is 4.99. The molecule has 136 valence electrons. The average Bonchev–Trinajstić information content (AvgIpc) is 2.59. The highest BCUT2D eigenvalue weighted by molar-refractivity contribution is 14.0. The van der Waals surface area contributed by atoms with E-state index in [0.717, 1.165) is 22.4 Å². The molecule has 0 saturated carbocycles. The highest BCUT2D eigenvalue weighted by atomic mass is 127. The second-order valence-electron chi connectivity index (χ2n) is 5.67. The highest BCUT2D eigenvalue weighted by Crippen LogP contribution is 2.18. The Hall–Kier alpha value is -1.83.